The molecule has 0 unspecified atom stereocenters. The summed E-state index contributed by atoms with van der Waals surface area (Å²) >= 11 is 11.8. The average Bonchev–Trinajstić information content (AvgIpc) is 2.57. The summed E-state index contributed by atoms with van der Waals surface area (Å²) in [6, 6.07) is 10.6. The van der Waals surface area contributed by atoms with Crippen LogP contribution in [0, 0.1) is 0 Å². The number of ether oxygens (including phenoxy) is 1. The lowest BCUT2D eigenvalue weighted by molar-refractivity contribution is -0.137. The molecule has 0 fully saturated rings. The number of fused-ring (bicyclic) bond motifs is 1. The van der Waals surface area contributed by atoms with Gasteiger partial charge in [0.05, 0.1) is 5.56 Å². The average molecular weight is 415 g/mol. The van der Waals surface area contributed by atoms with E-state index < -0.39 is 17.7 Å². The van der Waals surface area contributed by atoms with Gasteiger partial charge in [0.25, 0.3) is 0 Å². The Morgan fingerprint density at radius 1 is 1.00 bits per heavy atom. The Morgan fingerprint density at radius 3 is 2.26 bits per heavy atom. The number of carboxylic acids is 1. The molecule has 0 amide bonds. The van der Waals surface area contributed by atoms with Gasteiger partial charge in [-0.2, -0.15) is 13.2 Å². The van der Waals surface area contributed by atoms with Crippen molar-refractivity contribution in [1.29, 1.82) is 0 Å². The van der Waals surface area contributed by atoms with Gasteiger partial charge < -0.3 is 9.84 Å². The number of rotatable bonds is 4. The van der Waals surface area contributed by atoms with Crippen molar-refractivity contribution in [2.24, 2.45) is 0 Å². The quantitative estimate of drug-likeness (QED) is 0.533. The van der Waals surface area contributed by atoms with Crippen molar-refractivity contribution in [2.45, 2.75) is 12.8 Å². The van der Waals surface area contributed by atoms with Crippen LogP contribution in [0.4, 0.5) is 13.2 Å². The third-order valence-electron chi connectivity index (χ3n) is 3.83. The fourth-order valence-corrected chi connectivity index (χ4v) is 3.28. The number of carboxylic acid groups (broad SMARTS) is 1. The lowest BCUT2D eigenvalue weighted by Gasteiger charge is -2.17. The maximum atomic E-state index is 13.7. The van der Waals surface area contributed by atoms with Crippen LogP contribution in [0.5, 0.6) is 5.75 Å². The Bertz CT molecular complexity index is 1010. The van der Waals surface area contributed by atoms with Gasteiger partial charge >= 0.3 is 12.1 Å². The zero-order valence-corrected chi connectivity index (χ0v) is 15.0. The van der Waals surface area contributed by atoms with E-state index in [1.54, 1.807) is 12.1 Å². The summed E-state index contributed by atoms with van der Waals surface area (Å²) in [6.45, 7) is -0.165. The summed E-state index contributed by atoms with van der Waals surface area (Å²) in [7, 11) is 0. The third kappa shape index (κ3) is 4.28. The highest BCUT2D eigenvalue weighted by atomic mass is 35.5. The van der Waals surface area contributed by atoms with Gasteiger partial charge in [-0.05, 0) is 52.7 Å². The predicted octanol–water partition coefficient (Wildman–Crippen LogP) is 6.44. The molecule has 0 aromatic heterocycles. The maximum absolute atomic E-state index is 13.7. The number of alkyl halides is 3. The number of hydrogen-bond donors (Lipinski definition) is 1. The smallest absolute Gasteiger partial charge is 0.420 e. The highest BCUT2D eigenvalue weighted by Crippen LogP contribution is 2.41. The Labute approximate surface area is 161 Å². The van der Waals surface area contributed by atoms with Gasteiger partial charge in [0.1, 0.15) is 17.9 Å². The summed E-state index contributed by atoms with van der Waals surface area (Å²) in [5.41, 5.74) is -0.551. The van der Waals surface area contributed by atoms with E-state index in [1.807, 2.05) is 0 Å². The van der Waals surface area contributed by atoms with E-state index >= 15 is 0 Å². The standard InChI is InChI=1S/C19H11Cl2F3O3/c20-13-5-10(6-14(21)8-13)9-27-16-4-2-11-7-12(18(25)26)1-3-15(11)17(16)19(22,23)24/h1-8H,9H2,(H,25,26). The van der Waals surface area contributed by atoms with Gasteiger partial charge in [0, 0.05) is 10.0 Å². The first-order valence-corrected chi connectivity index (χ1v) is 8.36. The minimum Gasteiger partial charge on any atom is -0.488 e. The van der Waals surface area contributed by atoms with Crippen LogP contribution in [0.15, 0.2) is 48.5 Å². The van der Waals surface area contributed by atoms with Crippen LogP contribution in [-0.2, 0) is 12.8 Å². The molecule has 140 valence electrons. The molecule has 1 N–H and O–H groups in total. The molecular weight excluding hydrogens is 404 g/mol. The second-order valence-corrected chi connectivity index (χ2v) is 6.62. The molecule has 0 atom stereocenters. The molecule has 0 aliphatic rings. The second-order valence-electron chi connectivity index (χ2n) is 5.74. The zero-order valence-electron chi connectivity index (χ0n) is 13.5. The first-order chi connectivity index (χ1) is 12.6. The summed E-state index contributed by atoms with van der Waals surface area (Å²) in [5.74, 6) is -1.59. The van der Waals surface area contributed by atoms with Gasteiger partial charge in [0.2, 0.25) is 0 Å². The Morgan fingerprint density at radius 2 is 1.67 bits per heavy atom. The molecule has 0 spiro atoms. The first-order valence-electron chi connectivity index (χ1n) is 7.60. The van der Waals surface area contributed by atoms with E-state index in [0.29, 0.717) is 15.6 Å². The molecule has 0 aliphatic heterocycles. The molecule has 3 aromatic carbocycles. The maximum Gasteiger partial charge on any atom is 0.420 e. The summed E-state index contributed by atoms with van der Waals surface area (Å²) in [4.78, 5) is 11.0. The molecule has 3 aromatic rings. The third-order valence-corrected chi connectivity index (χ3v) is 4.27. The fraction of sp³-hybridized carbons (Fsp3) is 0.105. The van der Waals surface area contributed by atoms with E-state index in [4.69, 9.17) is 33.0 Å². The highest BCUT2D eigenvalue weighted by Gasteiger charge is 2.36. The van der Waals surface area contributed by atoms with E-state index in [9.17, 15) is 18.0 Å². The van der Waals surface area contributed by atoms with Gasteiger partial charge in [-0.25, -0.2) is 4.79 Å². The normalized spacial score (nSPS) is 11.6. The Balaban J connectivity index is 2.04. The van der Waals surface area contributed by atoms with Crippen molar-refractivity contribution in [3.63, 3.8) is 0 Å². The van der Waals surface area contributed by atoms with Gasteiger partial charge in [-0.3, -0.25) is 0 Å². The largest absolute Gasteiger partial charge is 0.488 e. The van der Waals surface area contributed by atoms with E-state index in [-0.39, 0.29) is 28.7 Å². The predicted molar refractivity (Wildman–Crippen MR) is 96.7 cm³/mol. The van der Waals surface area contributed by atoms with Crippen molar-refractivity contribution in [2.75, 3.05) is 0 Å². The van der Waals surface area contributed by atoms with Crippen molar-refractivity contribution in [3.8, 4) is 5.75 Å². The molecule has 8 heteroatoms. The van der Waals surface area contributed by atoms with Gasteiger partial charge in [-0.15, -0.1) is 0 Å². The van der Waals surface area contributed by atoms with Crippen LogP contribution < -0.4 is 4.74 Å². The molecule has 0 aliphatic carbocycles. The highest BCUT2D eigenvalue weighted by molar-refractivity contribution is 6.34. The number of halogens is 5. The minimum absolute atomic E-state index is 0.0992. The molecule has 0 saturated carbocycles. The van der Waals surface area contributed by atoms with Crippen LogP contribution in [0.3, 0.4) is 0 Å². The van der Waals surface area contributed by atoms with Crippen molar-refractivity contribution >= 4 is 39.9 Å². The van der Waals surface area contributed by atoms with Crippen LogP contribution in [0.2, 0.25) is 10.0 Å². The van der Waals surface area contributed by atoms with E-state index in [1.165, 1.54) is 24.3 Å². The molecule has 0 heterocycles. The first kappa shape index (κ1) is 19.3. The molecule has 0 bridgehead atoms. The minimum atomic E-state index is -4.69. The number of benzene rings is 3. The summed E-state index contributed by atoms with van der Waals surface area (Å²) in [6.07, 6.45) is -4.69. The fourth-order valence-electron chi connectivity index (χ4n) is 2.71. The molecule has 0 radical (unpaired) electrons. The summed E-state index contributed by atoms with van der Waals surface area (Å²) < 4.78 is 46.4. The van der Waals surface area contributed by atoms with Crippen molar-refractivity contribution in [3.05, 3.63) is 75.3 Å². The van der Waals surface area contributed by atoms with Crippen LogP contribution in [0.1, 0.15) is 21.5 Å². The monoisotopic (exact) mass is 414 g/mol. The van der Waals surface area contributed by atoms with Crippen molar-refractivity contribution in [1.82, 2.24) is 0 Å². The summed E-state index contributed by atoms with van der Waals surface area (Å²) in [5, 5.41) is 9.71. The zero-order chi connectivity index (χ0) is 19.8. The van der Waals surface area contributed by atoms with E-state index in [2.05, 4.69) is 0 Å². The molecule has 0 saturated heterocycles. The topological polar surface area (TPSA) is 46.5 Å². The van der Waals surface area contributed by atoms with Crippen LogP contribution in [0.25, 0.3) is 10.8 Å². The lowest BCUT2D eigenvalue weighted by Crippen LogP contribution is -2.10. The van der Waals surface area contributed by atoms with Crippen LogP contribution >= 0.6 is 23.2 Å². The van der Waals surface area contributed by atoms with Gasteiger partial charge in [-0.1, -0.05) is 35.3 Å². The molecular formula is C19H11Cl2F3O3. The number of aromatic carboxylic acids is 1. The van der Waals surface area contributed by atoms with Gasteiger partial charge in [0.15, 0.2) is 0 Å². The lowest BCUT2D eigenvalue weighted by atomic mass is 10.0. The van der Waals surface area contributed by atoms with E-state index in [0.717, 1.165) is 12.1 Å². The van der Waals surface area contributed by atoms with Crippen LogP contribution in [-0.4, -0.2) is 11.1 Å². The molecule has 3 rings (SSSR count). The molecule has 27 heavy (non-hydrogen) atoms. The number of hydrogen-bond acceptors (Lipinski definition) is 2. The Kier molecular flexibility index (Phi) is 5.22. The second kappa shape index (κ2) is 7.29. The Hall–Kier alpha value is -2.44. The van der Waals surface area contributed by atoms with Crippen molar-refractivity contribution < 1.29 is 27.8 Å². The molecule has 3 nitrogen and oxygen atoms in total. The number of carbonyl (C=O) groups is 1. The SMILES string of the molecule is O=C(O)c1ccc2c(C(F)(F)F)c(OCc3cc(Cl)cc(Cl)c3)ccc2c1.